The summed E-state index contributed by atoms with van der Waals surface area (Å²) in [7, 11) is -1.32. The van der Waals surface area contributed by atoms with Crippen LogP contribution in [-0.4, -0.2) is 34.0 Å². The first-order valence-corrected chi connectivity index (χ1v) is 7.29. The zero-order valence-corrected chi connectivity index (χ0v) is 12.5. The highest BCUT2D eigenvalue weighted by Gasteiger charge is 2.37. The Kier molecular flexibility index (Phi) is 4.31. The number of benzene rings is 1. The predicted molar refractivity (Wildman–Crippen MR) is 82.6 cm³/mol. The predicted octanol–water partition coefficient (Wildman–Crippen LogP) is 1.98. The van der Waals surface area contributed by atoms with Crippen LogP contribution >= 0.6 is 0 Å². The van der Waals surface area contributed by atoms with E-state index in [1.54, 1.807) is 12.1 Å². The van der Waals surface area contributed by atoms with Crippen molar-refractivity contribution >= 4 is 18.9 Å². The molecule has 2 aromatic rings. The second kappa shape index (κ2) is 6.41. The van der Waals surface area contributed by atoms with Gasteiger partial charge in [-0.3, -0.25) is 9.78 Å². The van der Waals surface area contributed by atoms with E-state index >= 15 is 0 Å². The molecule has 1 aromatic heterocycles. The van der Waals surface area contributed by atoms with Crippen molar-refractivity contribution in [3.63, 3.8) is 0 Å². The molecule has 2 heterocycles. The van der Waals surface area contributed by atoms with Crippen molar-refractivity contribution in [2.24, 2.45) is 0 Å². The number of carbonyl (C=O) groups excluding carboxylic acids is 1. The number of aromatic nitrogens is 1. The molecular formula is C16H13BFNO5. The summed E-state index contributed by atoms with van der Waals surface area (Å²) < 4.78 is 18.5. The number of ketones is 1. The van der Waals surface area contributed by atoms with Gasteiger partial charge in [0.1, 0.15) is 11.6 Å². The lowest BCUT2D eigenvalue weighted by atomic mass is 9.64. The maximum atomic E-state index is 13.2. The van der Waals surface area contributed by atoms with E-state index in [0.29, 0.717) is 5.56 Å². The summed E-state index contributed by atoms with van der Waals surface area (Å²) in [6.45, 7) is 0. The van der Waals surface area contributed by atoms with Crippen molar-refractivity contribution in [1.29, 1.82) is 0 Å². The van der Waals surface area contributed by atoms with Crippen molar-refractivity contribution in [2.75, 3.05) is 0 Å². The Bertz CT molecular complexity index is 813. The first-order valence-electron chi connectivity index (χ1n) is 7.29. The van der Waals surface area contributed by atoms with Crippen LogP contribution in [0.1, 0.15) is 32.7 Å². The number of rotatable bonds is 4. The zero-order valence-electron chi connectivity index (χ0n) is 12.5. The monoisotopic (exact) mass is 329 g/mol. The fraction of sp³-hybridized carbons (Fsp3) is 0.188. The number of carbonyl (C=O) groups is 2. The molecule has 0 fully saturated rings. The van der Waals surface area contributed by atoms with Gasteiger partial charge in [-0.15, -0.1) is 0 Å². The minimum absolute atomic E-state index is 0.0364. The number of carboxylic acids is 1. The molecule has 1 aliphatic heterocycles. The molecule has 0 bridgehead atoms. The third-order valence-electron chi connectivity index (χ3n) is 3.93. The van der Waals surface area contributed by atoms with E-state index in [2.05, 4.69) is 4.98 Å². The van der Waals surface area contributed by atoms with Crippen molar-refractivity contribution in [2.45, 2.75) is 18.7 Å². The average molecular weight is 329 g/mol. The lowest BCUT2D eigenvalue weighted by molar-refractivity contribution is 0.0693. The first kappa shape index (κ1) is 16.1. The van der Waals surface area contributed by atoms with Gasteiger partial charge in [-0.1, -0.05) is 12.1 Å². The van der Waals surface area contributed by atoms with Crippen molar-refractivity contribution in [3.8, 4) is 5.75 Å². The van der Waals surface area contributed by atoms with Crippen LogP contribution in [-0.2, 0) is 6.42 Å². The number of para-hydroxylation sites is 1. The second-order valence-corrected chi connectivity index (χ2v) is 5.59. The Morgan fingerprint density at radius 1 is 1.38 bits per heavy atom. The Hall–Kier alpha value is -2.74. The van der Waals surface area contributed by atoms with E-state index in [-0.39, 0.29) is 35.5 Å². The molecule has 1 aliphatic rings. The average Bonchev–Trinajstić information content (AvgIpc) is 2.54. The van der Waals surface area contributed by atoms with Crippen molar-refractivity contribution in [1.82, 2.24) is 4.98 Å². The summed E-state index contributed by atoms with van der Waals surface area (Å²) in [5.41, 5.74) is 0.688. The van der Waals surface area contributed by atoms with Crippen molar-refractivity contribution in [3.05, 3.63) is 59.2 Å². The van der Waals surface area contributed by atoms with Crippen LogP contribution in [0.15, 0.2) is 36.7 Å². The molecule has 0 amide bonds. The zero-order chi connectivity index (χ0) is 17.3. The smallest absolute Gasteiger partial charge is 0.526 e. The van der Waals surface area contributed by atoms with Crippen LogP contribution in [0.2, 0.25) is 5.82 Å². The standard InChI is InChI=1S/C16H13BFNO5/c18-12-5-10(7-19-8-12)14(20)6-11-4-9-2-1-3-13(16(21)22)15(9)24-17(11)23/h1-3,5,7-8,11,23H,4,6H2,(H,21,22)/t11-/m1/s1. The number of hydrogen-bond donors (Lipinski definition) is 2. The fourth-order valence-corrected chi connectivity index (χ4v) is 2.75. The molecule has 0 spiro atoms. The quantitative estimate of drug-likeness (QED) is 0.658. The molecule has 0 saturated carbocycles. The summed E-state index contributed by atoms with van der Waals surface area (Å²) in [5.74, 6) is -2.57. The Morgan fingerprint density at radius 2 is 2.17 bits per heavy atom. The molecule has 1 atom stereocenters. The summed E-state index contributed by atoms with van der Waals surface area (Å²) in [6, 6.07) is 5.74. The molecule has 0 unspecified atom stereocenters. The Morgan fingerprint density at radius 3 is 2.88 bits per heavy atom. The Balaban J connectivity index is 1.81. The summed E-state index contributed by atoms with van der Waals surface area (Å²) in [6.07, 6.45) is 2.48. The van der Waals surface area contributed by atoms with E-state index in [1.807, 2.05) is 0 Å². The molecule has 6 nitrogen and oxygen atoms in total. The number of hydrogen-bond acceptors (Lipinski definition) is 5. The molecule has 2 N–H and O–H groups in total. The molecule has 0 radical (unpaired) electrons. The van der Waals surface area contributed by atoms with Crippen LogP contribution in [0.5, 0.6) is 5.75 Å². The van der Waals surface area contributed by atoms with Gasteiger partial charge in [0.25, 0.3) is 0 Å². The number of Topliss-reactive ketones (excluding diaryl/α,β-unsaturated/α-hetero) is 1. The van der Waals surface area contributed by atoms with E-state index in [9.17, 15) is 19.0 Å². The number of carboxylic acid groups (broad SMARTS) is 1. The second-order valence-electron chi connectivity index (χ2n) is 5.59. The summed E-state index contributed by atoms with van der Waals surface area (Å²) >= 11 is 0. The highest BCUT2D eigenvalue weighted by atomic mass is 19.1. The molecular weight excluding hydrogens is 316 g/mol. The van der Waals surface area contributed by atoms with Gasteiger partial charge in [-0.2, -0.15) is 0 Å². The summed E-state index contributed by atoms with van der Waals surface area (Å²) in [4.78, 5) is 27.1. The lowest BCUT2D eigenvalue weighted by Crippen LogP contribution is -2.35. The van der Waals surface area contributed by atoms with Gasteiger partial charge in [0, 0.05) is 24.0 Å². The third-order valence-corrected chi connectivity index (χ3v) is 3.93. The van der Waals surface area contributed by atoms with Crippen LogP contribution in [0.4, 0.5) is 4.39 Å². The van der Waals surface area contributed by atoms with Crippen LogP contribution in [0.25, 0.3) is 0 Å². The molecule has 24 heavy (non-hydrogen) atoms. The molecule has 0 saturated heterocycles. The largest absolute Gasteiger partial charge is 0.535 e. The molecule has 3 rings (SSSR count). The van der Waals surface area contributed by atoms with E-state index < -0.39 is 24.7 Å². The normalized spacial score (nSPS) is 16.2. The van der Waals surface area contributed by atoms with Crippen LogP contribution in [0, 0.1) is 5.82 Å². The Labute approximate surface area is 137 Å². The lowest BCUT2D eigenvalue weighted by Gasteiger charge is -2.27. The first-order chi connectivity index (χ1) is 11.5. The van der Waals surface area contributed by atoms with Crippen molar-refractivity contribution < 1.29 is 28.8 Å². The molecule has 8 heteroatoms. The van der Waals surface area contributed by atoms with Gasteiger partial charge < -0.3 is 14.8 Å². The fourth-order valence-electron chi connectivity index (χ4n) is 2.75. The van der Waals surface area contributed by atoms with Gasteiger partial charge >= 0.3 is 13.1 Å². The van der Waals surface area contributed by atoms with E-state index in [0.717, 1.165) is 12.3 Å². The van der Waals surface area contributed by atoms with Gasteiger partial charge in [0.15, 0.2) is 5.78 Å². The minimum Gasteiger partial charge on any atom is -0.535 e. The van der Waals surface area contributed by atoms with Gasteiger partial charge in [-0.25, -0.2) is 9.18 Å². The van der Waals surface area contributed by atoms with Gasteiger partial charge in [0.05, 0.1) is 11.8 Å². The van der Waals surface area contributed by atoms with Crippen LogP contribution < -0.4 is 4.65 Å². The van der Waals surface area contributed by atoms with Crippen LogP contribution in [0.3, 0.4) is 0 Å². The minimum atomic E-state index is -1.32. The number of nitrogens with zero attached hydrogens (tertiary/aromatic N) is 1. The van der Waals surface area contributed by atoms with E-state index in [4.69, 9.17) is 9.76 Å². The summed E-state index contributed by atoms with van der Waals surface area (Å²) in [5, 5.41) is 19.3. The number of aromatic carboxylic acids is 1. The number of halogens is 1. The number of pyridine rings is 1. The topological polar surface area (TPSA) is 96.7 Å². The highest BCUT2D eigenvalue weighted by molar-refractivity contribution is 6.47. The van der Waals surface area contributed by atoms with Gasteiger partial charge in [0.2, 0.25) is 0 Å². The molecule has 0 aliphatic carbocycles. The SMILES string of the molecule is O=C(C[C@H]1Cc2cccc(C(=O)O)c2OB1O)c1cncc(F)c1. The maximum absolute atomic E-state index is 13.2. The van der Waals surface area contributed by atoms with E-state index in [1.165, 1.54) is 12.3 Å². The highest BCUT2D eigenvalue weighted by Crippen LogP contribution is 2.36. The third kappa shape index (κ3) is 3.14. The maximum Gasteiger partial charge on any atom is 0.526 e. The van der Waals surface area contributed by atoms with Gasteiger partial charge in [-0.05, 0) is 24.1 Å². The molecule has 122 valence electrons. The molecule has 1 aromatic carbocycles. The number of fused-ring (bicyclic) bond motifs is 1.